The van der Waals surface area contributed by atoms with Crippen molar-refractivity contribution in [3.05, 3.63) is 48.2 Å². The molecule has 1 atom stereocenters. The van der Waals surface area contributed by atoms with E-state index in [4.69, 9.17) is 5.73 Å². The van der Waals surface area contributed by atoms with Gasteiger partial charge in [0.25, 0.3) is 0 Å². The van der Waals surface area contributed by atoms with Crippen molar-refractivity contribution in [2.24, 2.45) is 5.73 Å². The van der Waals surface area contributed by atoms with Crippen LogP contribution in [0.15, 0.2) is 42.6 Å². The van der Waals surface area contributed by atoms with E-state index in [2.05, 4.69) is 17.3 Å². The Morgan fingerprint density at radius 2 is 2.05 bits per heavy atom. The highest BCUT2D eigenvalue weighted by molar-refractivity contribution is 5.90. The molecule has 0 aliphatic heterocycles. The quantitative estimate of drug-likeness (QED) is 0.822. The minimum absolute atomic E-state index is 0. The van der Waals surface area contributed by atoms with Gasteiger partial charge in [-0.05, 0) is 12.0 Å². The smallest absolute Gasteiger partial charge is 0.227 e. The van der Waals surface area contributed by atoms with Crippen molar-refractivity contribution in [3.63, 3.8) is 0 Å². The van der Waals surface area contributed by atoms with Crippen LogP contribution >= 0.6 is 12.4 Å². The van der Waals surface area contributed by atoms with E-state index in [-0.39, 0.29) is 30.8 Å². The highest BCUT2D eigenvalue weighted by Gasteiger charge is 2.13. The van der Waals surface area contributed by atoms with Crippen LogP contribution in [0.2, 0.25) is 0 Å². The third kappa shape index (κ3) is 5.16. The Hall–Kier alpha value is -1.85. The number of unbranched alkanes of at least 4 members (excludes halogenated alkanes) is 1. The number of carbonyl (C=O) groups excluding carboxylic acids is 1. The number of nitrogens with two attached hydrogens (primary N) is 1. The number of anilines is 1. The molecule has 22 heavy (non-hydrogen) atoms. The van der Waals surface area contributed by atoms with Crippen LogP contribution in [0.1, 0.15) is 37.8 Å². The molecular formula is C16H23ClN4O. The van der Waals surface area contributed by atoms with E-state index in [9.17, 15) is 4.79 Å². The summed E-state index contributed by atoms with van der Waals surface area (Å²) < 4.78 is 1.81. The molecule has 3 N–H and O–H groups in total. The lowest BCUT2D eigenvalue weighted by molar-refractivity contribution is -0.116. The summed E-state index contributed by atoms with van der Waals surface area (Å²) in [4.78, 5) is 12.1. The molecule has 1 heterocycles. The monoisotopic (exact) mass is 322 g/mol. The van der Waals surface area contributed by atoms with Crippen LogP contribution in [0.5, 0.6) is 0 Å². The molecule has 2 rings (SSSR count). The molecule has 1 aromatic carbocycles. The number of rotatable bonds is 7. The van der Waals surface area contributed by atoms with Crippen molar-refractivity contribution >= 4 is 24.1 Å². The molecule has 6 heteroatoms. The Morgan fingerprint density at radius 3 is 2.73 bits per heavy atom. The second-order valence-corrected chi connectivity index (χ2v) is 5.06. The highest BCUT2D eigenvalue weighted by Crippen LogP contribution is 2.15. The Bertz CT molecular complexity index is 571. The largest absolute Gasteiger partial charge is 0.324 e. The number of hydrogen-bond acceptors (Lipinski definition) is 3. The standard InChI is InChI=1S/C16H22N4O.ClH/c1-2-3-11-20-15(9-10-18-20)19-16(21)12-14(17)13-7-5-4-6-8-13;/h4-10,14H,2-3,11-12,17H2,1H3,(H,19,21);1H. The van der Waals surface area contributed by atoms with E-state index in [1.807, 2.05) is 41.1 Å². The fraction of sp³-hybridized carbons (Fsp3) is 0.375. The van der Waals surface area contributed by atoms with Crippen LogP contribution in [-0.4, -0.2) is 15.7 Å². The average molecular weight is 323 g/mol. The maximum absolute atomic E-state index is 12.1. The first-order chi connectivity index (χ1) is 10.2. The van der Waals surface area contributed by atoms with Gasteiger partial charge in [-0.3, -0.25) is 4.79 Å². The van der Waals surface area contributed by atoms with Gasteiger partial charge in [0.2, 0.25) is 5.91 Å². The molecule has 2 aromatic rings. The van der Waals surface area contributed by atoms with Crippen LogP contribution in [0.25, 0.3) is 0 Å². The first-order valence-corrected chi connectivity index (χ1v) is 7.33. The van der Waals surface area contributed by atoms with Crippen molar-refractivity contribution in [2.75, 3.05) is 5.32 Å². The summed E-state index contributed by atoms with van der Waals surface area (Å²) in [5, 5.41) is 7.10. The van der Waals surface area contributed by atoms with Gasteiger partial charge >= 0.3 is 0 Å². The number of halogens is 1. The number of hydrogen-bond donors (Lipinski definition) is 2. The van der Waals surface area contributed by atoms with Crippen LogP contribution in [0.3, 0.4) is 0 Å². The third-order valence-corrected chi connectivity index (χ3v) is 3.34. The molecule has 0 aliphatic rings. The summed E-state index contributed by atoms with van der Waals surface area (Å²) >= 11 is 0. The van der Waals surface area contributed by atoms with E-state index in [1.165, 1.54) is 0 Å². The summed E-state index contributed by atoms with van der Waals surface area (Å²) in [5.41, 5.74) is 7.02. The maximum Gasteiger partial charge on any atom is 0.227 e. The Labute approximate surface area is 137 Å². The van der Waals surface area contributed by atoms with Crippen LogP contribution in [0, 0.1) is 0 Å². The topological polar surface area (TPSA) is 72.9 Å². The third-order valence-electron chi connectivity index (χ3n) is 3.34. The number of aromatic nitrogens is 2. The fourth-order valence-corrected chi connectivity index (χ4v) is 2.14. The SMILES string of the molecule is CCCCn1nccc1NC(=O)CC(N)c1ccccc1.Cl. The minimum atomic E-state index is -0.293. The second kappa shape index (κ2) is 9.23. The zero-order valence-corrected chi connectivity index (χ0v) is 13.6. The van der Waals surface area contributed by atoms with Gasteiger partial charge in [-0.2, -0.15) is 5.10 Å². The maximum atomic E-state index is 12.1. The Kier molecular flexibility index (Phi) is 7.63. The van der Waals surface area contributed by atoms with E-state index >= 15 is 0 Å². The number of nitrogens with one attached hydrogen (secondary N) is 1. The van der Waals surface area contributed by atoms with Crippen molar-refractivity contribution in [1.82, 2.24) is 9.78 Å². The van der Waals surface area contributed by atoms with Gasteiger partial charge in [0, 0.05) is 25.1 Å². The summed E-state index contributed by atoms with van der Waals surface area (Å²) in [6, 6.07) is 11.2. The normalized spacial score (nSPS) is 11.5. The van der Waals surface area contributed by atoms with Crippen molar-refractivity contribution < 1.29 is 4.79 Å². The molecule has 0 bridgehead atoms. The molecule has 0 radical (unpaired) electrons. The van der Waals surface area contributed by atoms with Gasteiger partial charge < -0.3 is 11.1 Å². The van der Waals surface area contributed by atoms with Crippen LogP contribution < -0.4 is 11.1 Å². The predicted molar refractivity (Wildman–Crippen MR) is 91.0 cm³/mol. The summed E-state index contributed by atoms with van der Waals surface area (Å²) in [6.07, 6.45) is 4.07. The molecule has 0 saturated carbocycles. The van der Waals surface area contributed by atoms with Gasteiger partial charge in [0.15, 0.2) is 0 Å². The number of carbonyl (C=O) groups is 1. The fourth-order valence-electron chi connectivity index (χ4n) is 2.14. The van der Waals surface area contributed by atoms with Gasteiger partial charge in [0.05, 0.1) is 6.20 Å². The molecule has 0 saturated heterocycles. The van der Waals surface area contributed by atoms with Crippen LogP contribution in [-0.2, 0) is 11.3 Å². The number of benzene rings is 1. The number of nitrogens with zero attached hydrogens (tertiary/aromatic N) is 2. The average Bonchev–Trinajstić information content (AvgIpc) is 2.93. The summed E-state index contributed by atoms with van der Waals surface area (Å²) in [5.74, 6) is 0.637. The van der Waals surface area contributed by atoms with E-state index in [0.29, 0.717) is 0 Å². The molecular weight excluding hydrogens is 300 g/mol. The van der Waals surface area contributed by atoms with Gasteiger partial charge in [-0.15, -0.1) is 12.4 Å². The van der Waals surface area contributed by atoms with Crippen LogP contribution in [0.4, 0.5) is 5.82 Å². The first kappa shape index (κ1) is 18.2. The highest BCUT2D eigenvalue weighted by atomic mass is 35.5. The van der Waals surface area contributed by atoms with Crippen molar-refractivity contribution in [1.29, 1.82) is 0 Å². The Balaban J connectivity index is 0.00000242. The molecule has 120 valence electrons. The van der Waals surface area contributed by atoms with Crippen molar-refractivity contribution in [3.8, 4) is 0 Å². The van der Waals surface area contributed by atoms with Gasteiger partial charge in [-0.1, -0.05) is 43.7 Å². The second-order valence-electron chi connectivity index (χ2n) is 5.06. The molecule has 1 amide bonds. The molecule has 0 spiro atoms. The van der Waals surface area contributed by atoms with E-state index < -0.39 is 0 Å². The van der Waals surface area contributed by atoms with Crippen molar-refractivity contribution in [2.45, 2.75) is 38.8 Å². The zero-order valence-electron chi connectivity index (χ0n) is 12.7. The number of amides is 1. The van der Waals surface area contributed by atoms with E-state index in [0.717, 1.165) is 30.8 Å². The first-order valence-electron chi connectivity index (χ1n) is 7.33. The van der Waals surface area contributed by atoms with E-state index in [1.54, 1.807) is 6.20 Å². The predicted octanol–water partition coefficient (Wildman–Crippen LogP) is 3.13. The molecule has 0 fully saturated rings. The molecule has 0 aliphatic carbocycles. The lowest BCUT2D eigenvalue weighted by atomic mass is 10.0. The zero-order chi connectivity index (χ0) is 15.1. The lowest BCUT2D eigenvalue weighted by Gasteiger charge is -2.13. The van der Waals surface area contributed by atoms with Gasteiger partial charge in [0.1, 0.15) is 5.82 Å². The minimum Gasteiger partial charge on any atom is -0.324 e. The molecule has 5 nitrogen and oxygen atoms in total. The number of aryl methyl sites for hydroxylation is 1. The van der Waals surface area contributed by atoms with Gasteiger partial charge in [-0.25, -0.2) is 4.68 Å². The lowest BCUT2D eigenvalue weighted by Crippen LogP contribution is -2.22. The summed E-state index contributed by atoms with van der Waals surface area (Å²) in [7, 11) is 0. The Morgan fingerprint density at radius 1 is 1.32 bits per heavy atom. The molecule has 1 unspecified atom stereocenters. The summed E-state index contributed by atoms with van der Waals surface area (Å²) in [6.45, 7) is 2.94. The molecule has 1 aromatic heterocycles.